The number of hydrogen-bond acceptors (Lipinski definition) is 3. The van der Waals surface area contributed by atoms with Crippen LogP contribution in [0.4, 0.5) is 5.69 Å². The van der Waals surface area contributed by atoms with Gasteiger partial charge < -0.3 is 15.8 Å². The first kappa shape index (κ1) is 17.8. The molecule has 1 saturated carbocycles. The Morgan fingerprint density at radius 3 is 2.33 bits per heavy atom. The van der Waals surface area contributed by atoms with E-state index in [2.05, 4.69) is 5.32 Å². The van der Waals surface area contributed by atoms with Crippen molar-refractivity contribution in [2.75, 3.05) is 5.32 Å². The van der Waals surface area contributed by atoms with E-state index in [-0.39, 0.29) is 35.9 Å². The fourth-order valence-corrected chi connectivity index (χ4v) is 2.46. The first-order valence-corrected chi connectivity index (χ1v) is 7.19. The summed E-state index contributed by atoms with van der Waals surface area (Å²) in [6, 6.07) is 7.66. The van der Waals surface area contributed by atoms with Crippen LogP contribution in [-0.4, -0.2) is 17.6 Å². The van der Waals surface area contributed by atoms with Gasteiger partial charge in [0.15, 0.2) is 0 Å². The van der Waals surface area contributed by atoms with Gasteiger partial charge >= 0.3 is 0 Å². The number of anilines is 1. The molecule has 0 radical (unpaired) electrons. The van der Waals surface area contributed by atoms with Crippen LogP contribution >= 0.6 is 12.4 Å². The molecule has 0 bridgehead atoms. The van der Waals surface area contributed by atoms with Crippen molar-refractivity contribution in [3.63, 3.8) is 0 Å². The maximum absolute atomic E-state index is 12.1. The van der Waals surface area contributed by atoms with Crippen LogP contribution in [0.2, 0.25) is 0 Å². The van der Waals surface area contributed by atoms with Crippen molar-refractivity contribution >= 4 is 24.0 Å². The summed E-state index contributed by atoms with van der Waals surface area (Å²) < 4.78 is 5.75. The average Bonchev–Trinajstić information content (AvgIpc) is 2.77. The van der Waals surface area contributed by atoms with Crippen molar-refractivity contribution in [1.29, 1.82) is 0 Å². The number of halogens is 1. The smallest absolute Gasteiger partial charge is 0.227 e. The number of hydrogen-bond donors (Lipinski definition) is 2. The molecule has 21 heavy (non-hydrogen) atoms. The molecule has 118 valence electrons. The summed E-state index contributed by atoms with van der Waals surface area (Å²) in [5.74, 6) is 0.927. The Bertz CT molecular complexity index is 468. The molecule has 1 aromatic carbocycles. The largest absolute Gasteiger partial charge is 0.488 e. The van der Waals surface area contributed by atoms with E-state index < -0.39 is 0 Å². The number of nitrogens with one attached hydrogen (secondary N) is 1. The maximum Gasteiger partial charge on any atom is 0.227 e. The minimum atomic E-state index is -0.218. The van der Waals surface area contributed by atoms with Crippen molar-refractivity contribution in [1.82, 2.24) is 0 Å². The average molecular weight is 313 g/mol. The molecule has 2 rings (SSSR count). The van der Waals surface area contributed by atoms with Gasteiger partial charge in [0.25, 0.3) is 0 Å². The monoisotopic (exact) mass is 312 g/mol. The first-order valence-electron chi connectivity index (χ1n) is 7.19. The minimum absolute atomic E-state index is 0. The number of carbonyl (C=O) groups excluding carboxylic acids is 1. The second-order valence-electron chi connectivity index (χ2n) is 6.50. The van der Waals surface area contributed by atoms with Crippen LogP contribution in [-0.2, 0) is 4.79 Å². The Hall–Kier alpha value is -1.26. The zero-order chi connectivity index (χ0) is 14.8. The van der Waals surface area contributed by atoms with Crippen LogP contribution in [0.15, 0.2) is 24.3 Å². The van der Waals surface area contributed by atoms with Crippen LogP contribution in [0, 0.1) is 5.92 Å². The molecule has 2 unspecified atom stereocenters. The van der Waals surface area contributed by atoms with Gasteiger partial charge in [-0.2, -0.15) is 0 Å². The van der Waals surface area contributed by atoms with E-state index in [4.69, 9.17) is 10.5 Å². The molecule has 0 heterocycles. The van der Waals surface area contributed by atoms with Crippen molar-refractivity contribution in [3.05, 3.63) is 24.3 Å². The Labute approximate surface area is 132 Å². The first-order chi connectivity index (χ1) is 9.33. The van der Waals surface area contributed by atoms with Gasteiger partial charge in [-0.1, -0.05) is 0 Å². The molecular formula is C16H25ClN2O2. The molecule has 1 aliphatic rings. The predicted molar refractivity (Wildman–Crippen MR) is 88.0 cm³/mol. The van der Waals surface area contributed by atoms with E-state index >= 15 is 0 Å². The van der Waals surface area contributed by atoms with Crippen molar-refractivity contribution in [2.24, 2.45) is 11.7 Å². The molecule has 5 heteroatoms. The van der Waals surface area contributed by atoms with E-state index in [1.165, 1.54) is 0 Å². The van der Waals surface area contributed by atoms with E-state index in [1.54, 1.807) is 0 Å². The van der Waals surface area contributed by atoms with Crippen molar-refractivity contribution < 1.29 is 9.53 Å². The number of amides is 1. The van der Waals surface area contributed by atoms with Gasteiger partial charge in [-0.05, 0) is 64.3 Å². The third-order valence-corrected chi connectivity index (χ3v) is 3.39. The molecular weight excluding hydrogens is 288 g/mol. The zero-order valence-corrected chi connectivity index (χ0v) is 13.7. The molecule has 0 spiro atoms. The normalized spacial score (nSPS) is 21.5. The lowest BCUT2D eigenvalue weighted by Crippen LogP contribution is -2.23. The third kappa shape index (κ3) is 5.56. The summed E-state index contributed by atoms with van der Waals surface area (Å²) in [4.78, 5) is 12.1. The highest BCUT2D eigenvalue weighted by Gasteiger charge is 2.27. The molecule has 0 saturated heterocycles. The summed E-state index contributed by atoms with van der Waals surface area (Å²) in [7, 11) is 0. The van der Waals surface area contributed by atoms with Crippen molar-refractivity contribution in [3.8, 4) is 5.75 Å². The molecule has 1 fully saturated rings. The van der Waals surface area contributed by atoms with Gasteiger partial charge in [0.1, 0.15) is 11.4 Å². The van der Waals surface area contributed by atoms with Gasteiger partial charge in [0.05, 0.1) is 0 Å². The maximum atomic E-state index is 12.1. The predicted octanol–water partition coefficient (Wildman–Crippen LogP) is 3.35. The molecule has 0 aromatic heterocycles. The Morgan fingerprint density at radius 2 is 1.86 bits per heavy atom. The lowest BCUT2D eigenvalue weighted by Gasteiger charge is -2.21. The van der Waals surface area contributed by atoms with Crippen LogP contribution < -0.4 is 15.8 Å². The van der Waals surface area contributed by atoms with Gasteiger partial charge in [0.2, 0.25) is 5.91 Å². The Morgan fingerprint density at radius 1 is 1.24 bits per heavy atom. The second-order valence-corrected chi connectivity index (χ2v) is 6.50. The molecule has 1 aromatic rings. The van der Waals surface area contributed by atoms with Crippen LogP contribution in [0.5, 0.6) is 5.75 Å². The van der Waals surface area contributed by atoms with Crippen LogP contribution in [0.1, 0.15) is 40.0 Å². The van der Waals surface area contributed by atoms with E-state index in [1.807, 2.05) is 45.0 Å². The molecule has 1 aliphatic carbocycles. The van der Waals surface area contributed by atoms with Gasteiger partial charge in [-0.25, -0.2) is 0 Å². The number of benzene rings is 1. The number of carbonyl (C=O) groups is 1. The fraction of sp³-hybridized carbons (Fsp3) is 0.562. The molecule has 3 N–H and O–H groups in total. The standard InChI is InChI=1S/C16H24N2O2.ClH/c1-16(2,3)20-14-8-6-13(7-9-14)18-15(19)11-4-5-12(17)10-11;/h6-9,11-12H,4-5,10,17H2,1-3H3,(H,18,19);1H. The molecule has 0 aliphatic heterocycles. The summed E-state index contributed by atoms with van der Waals surface area (Å²) in [5.41, 5.74) is 6.42. The zero-order valence-electron chi connectivity index (χ0n) is 12.9. The van der Waals surface area contributed by atoms with Gasteiger partial charge in [0, 0.05) is 17.6 Å². The molecule has 2 atom stereocenters. The second kappa shape index (κ2) is 7.14. The van der Waals surface area contributed by atoms with Gasteiger partial charge in [-0.3, -0.25) is 4.79 Å². The SMILES string of the molecule is CC(C)(C)Oc1ccc(NC(=O)C2CCC(N)C2)cc1.Cl. The number of rotatable bonds is 3. The van der Waals surface area contributed by atoms with Crippen LogP contribution in [0.3, 0.4) is 0 Å². The lowest BCUT2D eigenvalue weighted by molar-refractivity contribution is -0.119. The highest BCUT2D eigenvalue weighted by molar-refractivity contribution is 5.92. The summed E-state index contributed by atoms with van der Waals surface area (Å²) in [6.07, 6.45) is 2.62. The third-order valence-electron chi connectivity index (χ3n) is 3.39. The number of nitrogens with two attached hydrogens (primary N) is 1. The highest BCUT2D eigenvalue weighted by atomic mass is 35.5. The molecule has 1 amide bonds. The van der Waals surface area contributed by atoms with Crippen LogP contribution in [0.25, 0.3) is 0 Å². The topological polar surface area (TPSA) is 64.3 Å². The van der Waals surface area contributed by atoms with Crippen molar-refractivity contribution in [2.45, 2.75) is 51.7 Å². The summed E-state index contributed by atoms with van der Waals surface area (Å²) in [5, 5.41) is 2.94. The van der Waals surface area contributed by atoms with E-state index in [9.17, 15) is 4.79 Å². The summed E-state index contributed by atoms with van der Waals surface area (Å²) in [6.45, 7) is 6.02. The van der Waals surface area contributed by atoms with E-state index in [0.29, 0.717) is 0 Å². The number of ether oxygens (including phenoxy) is 1. The lowest BCUT2D eigenvalue weighted by atomic mass is 10.1. The quantitative estimate of drug-likeness (QED) is 0.899. The van der Waals surface area contributed by atoms with Gasteiger partial charge in [-0.15, -0.1) is 12.4 Å². The Balaban J connectivity index is 0.00000220. The summed E-state index contributed by atoms with van der Waals surface area (Å²) >= 11 is 0. The Kier molecular flexibility index (Phi) is 6.05. The fourth-order valence-electron chi connectivity index (χ4n) is 2.46. The molecule has 4 nitrogen and oxygen atoms in total. The highest BCUT2D eigenvalue weighted by Crippen LogP contribution is 2.26. The van der Waals surface area contributed by atoms with E-state index in [0.717, 1.165) is 30.7 Å². The minimum Gasteiger partial charge on any atom is -0.488 e.